The first-order chi connectivity index (χ1) is 10.8. The van der Waals surface area contributed by atoms with Gasteiger partial charge in [-0.3, -0.25) is 0 Å². The minimum atomic E-state index is -0.435. The number of hydrogen-bond acceptors (Lipinski definition) is 4. The first kappa shape index (κ1) is 15.0. The molecule has 1 aromatic carbocycles. The summed E-state index contributed by atoms with van der Waals surface area (Å²) in [5.41, 5.74) is 0.973. The number of pyridine rings is 1. The van der Waals surface area contributed by atoms with Gasteiger partial charge in [-0.05, 0) is 30.5 Å². The summed E-state index contributed by atoms with van der Waals surface area (Å²) in [5, 5.41) is 13.7. The largest absolute Gasteiger partial charge is 0.387 e. The number of aliphatic hydroxyl groups excluding tert-OH is 1. The van der Waals surface area contributed by atoms with E-state index in [2.05, 4.69) is 21.3 Å². The SMILES string of the molecule is O[C@H](CNC1CCN(c2ccccn2)CC1)c1ccccc1. The lowest BCUT2D eigenvalue weighted by Crippen LogP contribution is -2.43. The third kappa shape index (κ3) is 3.84. The van der Waals surface area contributed by atoms with Crippen molar-refractivity contribution in [3.63, 3.8) is 0 Å². The van der Waals surface area contributed by atoms with Crippen molar-refractivity contribution in [2.24, 2.45) is 0 Å². The summed E-state index contributed by atoms with van der Waals surface area (Å²) < 4.78 is 0. The van der Waals surface area contributed by atoms with Gasteiger partial charge in [0.1, 0.15) is 5.82 Å². The lowest BCUT2D eigenvalue weighted by atomic mass is 10.0. The summed E-state index contributed by atoms with van der Waals surface area (Å²) in [6.07, 6.45) is 3.57. The van der Waals surface area contributed by atoms with E-state index >= 15 is 0 Å². The van der Waals surface area contributed by atoms with Gasteiger partial charge < -0.3 is 15.3 Å². The van der Waals surface area contributed by atoms with Crippen molar-refractivity contribution in [1.29, 1.82) is 0 Å². The van der Waals surface area contributed by atoms with E-state index in [9.17, 15) is 5.11 Å². The normalized spacial score (nSPS) is 17.4. The molecule has 0 saturated carbocycles. The van der Waals surface area contributed by atoms with Crippen molar-refractivity contribution in [3.8, 4) is 0 Å². The third-order valence-corrected chi connectivity index (χ3v) is 4.25. The quantitative estimate of drug-likeness (QED) is 0.889. The molecule has 1 fully saturated rings. The molecule has 116 valence electrons. The van der Waals surface area contributed by atoms with E-state index in [0.717, 1.165) is 37.3 Å². The highest BCUT2D eigenvalue weighted by Gasteiger charge is 2.20. The van der Waals surface area contributed by atoms with Crippen molar-refractivity contribution in [1.82, 2.24) is 10.3 Å². The van der Waals surface area contributed by atoms with Gasteiger partial charge in [0.15, 0.2) is 0 Å². The van der Waals surface area contributed by atoms with E-state index in [0.29, 0.717) is 12.6 Å². The zero-order chi connectivity index (χ0) is 15.2. The highest BCUT2D eigenvalue weighted by molar-refractivity contribution is 5.38. The molecule has 4 nitrogen and oxygen atoms in total. The molecule has 1 aliphatic rings. The number of hydrogen-bond donors (Lipinski definition) is 2. The molecular formula is C18H23N3O. The predicted octanol–water partition coefficient (Wildman–Crippen LogP) is 2.37. The lowest BCUT2D eigenvalue weighted by molar-refractivity contribution is 0.167. The van der Waals surface area contributed by atoms with Crippen LogP contribution in [0.1, 0.15) is 24.5 Å². The fourth-order valence-corrected chi connectivity index (χ4v) is 2.92. The molecule has 2 N–H and O–H groups in total. The number of aliphatic hydroxyl groups is 1. The Morgan fingerprint density at radius 3 is 2.50 bits per heavy atom. The van der Waals surface area contributed by atoms with Crippen LogP contribution in [0, 0.1) is 0 Å². The van der Waals surface area contributed by atoms with Crippen molar-refractivity contribution in [3.05, 3.63) is 60.3 Å². The van der Waals surface area contributed by atoms with Gasteiger partial charge in [-0.2, -0.15) is 0 Å². The van der Waals surface area contributed by atoms with Gasteiger partial charge in [-0.1, -0.05) is 36.4 Å². The minimum absolute atomic E-state index is 0.435. The number of nitrogens with zero attached hydrogens (tertiary/aromatic N) is 2. The van der Waals surface area contributed by atoms with Crippen LogP contribution in [0.15, 0.2) is 54.7 Å². The third-order valence-electron chi connectivity index (χ3n) is 4.25. The molecule has 0 unspecified atom stereocenters. The Hall–Kier alpha value is -1.91. The zero-order valence-corrected chi connectivity index (χ0v) is 12.7. The second-order valence-corrected chi connectivity index (χ2v) is 5.78. The fourth-order valence-electron chi connectivity index (χ4n) is 2.92. The summed E-state index contributed by atoms with van der Waals surface area (Å²) in [5.74, 6) is 1.06. The van der Waals surface area contributed by atoms with E-state index in [1.165, 1.54) is 0 Å². The van der Waals surface area contributed by atoms with Crippen LogP contribution in [0.4, 0.5) is 5.82 Å². The topological polar surface area (TPSA) is 48.4 Å². The summed E-state index contributed by atoms with van der Waals surface area (Å²) in [6, 6.07) is 16.3. The number of nitrogens with one attached hydrogen (secondary N) is 1. The van der Waals surface area contributed by atoms with Crippen LogP contribution in [-0.4, -0.2) is 35.8 Å². The summed E-state index contributed by atoms with van der Waals surface area (Å²) in [4.78, 5) is 6.73. The van der Waals surface area contributed by atoms with Gasteiger partial charge in [-0.25, -0.2) is 4.98 Å². The van der Waals surface area contributed by atoms with E-state index in [1.54, 1.807) is 0 Å². The Morgan fingerprint density at radius 1 is 1.09 bits per heavy atom. The Morgan fingerprint density at radius 2 is 1.82 bits per heavy atom. The molecule has 0 amide bonds. The number of piperidine rings is 1. The molecule has 0 radical (unpaired) electrons. The second-order valence-electron chi connectivity index (χ2n) is 5.78. The van der Waals surface area contributed by atoms with Crippen LogP contribution < -0.4 is 10.2 Å². The van der Waals surface area contributed by atoms with Gasteiger partial charge in [0.2, 0.25) is 0 Å². The van der Waals surface area contributed by atoms with Crippen molar-refractivity contribution >= 4 is 5.82 Å². The zero-order valence-electron chi connectivity index (χ0n) is 12.7. The van der Waals surface area contributed by atoms with Crippen molar-refractivity contribution in [2.75, 3.05) is 24.5 Å². The van der Waals surface area contributed by atoms with E-state index < -0.39 is 6.10 Å². The maximum absolute atomic E-state index is 10.2. The molecule has 0 aliphatic carbocycles. The monoisotopic (exact) mass is 297 g/mol. The van der Waals surface area contributed by atoms with Crippen LogP contribution in [0.2, 0.25) is 0 Å². The van der Waals surface area contributed by atoms with Crippen LogP contribution in [0.5, 0.6) is 0 Å². The number of rotatable bonds is 5. The Balaban J connectivity index is 1.44. The number of anilines is 1. The summed E-state index contributed by atoms with van der Waals surface area (Å²) in [6.45, 7) is 2.63. The molecule has 0 bridgehead atoms. The molecule has 1 aromatic heterocycles. The van der Waals surface area contributed by atoms with Crippen LogP contribution in [-0.2, 0) is 0 Å². The van der Waals surface area contributed by atoms with Gasteiger partial charge in [0.05, 0.1) is 6.10 Å². The van der Waals surface area contributed by atoms with Crippen LogP contribution >= 0.6 is 0 Å². The molecule has 2 heterocycles. The molecule has 1 aliphatic heterocycles. The van der Waals surface area contributed by atoms with Gasteiger partial charge in [0.25, 0.3) is 0 Å². The molecule has 2 aromatic rings. The summed E-state index contributed by atoms with van der Waals surface area (Å²) in [7, 11) is 0. The molecule has 1 saturated heterocycles. The molecule has 1 atom stereocenters. The van der Waals surface area contributed by atoms with Crippen LogP contribution in [0.25, 0.3) is 0 Å². The Bertz CT molecular complexity index is 553. The maximum atomic E-state index is 10.2. The van der Waals surface area contributed by atoms with E-state index in [4.69, 9.17) is 0 Å². The first-order valence-electron chi connectivity index (χ1n) is 7.95. The first-order valence-corrected chi connectivity index (χ1v) is 7.95. The molecule has 3 rings (SSSR count). The number of benzene rings is 1. The van der Waals surface area contributed by atoms with Crippen molar-refractivity contribution in [2.45, 2.75) is 25.0 Å². The average molecular weight is 297 g/mol. The second kappa shape index (κ2) is 7.38. The molecule has 22 heavy (non-hydrogen) atoms. The fraction of sp³-hybridized carbons (Fsp3) is 0.389. The van der Waals surface area contributed by atoms with Gasteiger partial charge >= 0.3 is 0 Å². The average Bonchev–Trinajstić information content (AvgIpc) is 2.61. The van der Waals surface area contributed by atoms with Crippen LogP contribution in [0.3, 0.4) is 0 Å². The molecular weight excluding hydrogens is 274 g/mol. The maximum Gasteiger partial charge on any atom is 0.128 e. The standard InChI is InChI=1S/C18H23N3O/c22-17(15-6-2-1-3-7-15)14-20-16-9-12-21(13-10-16)18-8-4-5-11-19-18/h1-8,11,16-17,20,22H,9-10,12-14H2/t17-/m1/s1. The highest BCUT2D eigenvalue weighted by atomic mass is 16.3. The molecule has 4 heteroatoms. The predicted molar refractivity (Wildman–Crippen MR) is 88.9 cm³/mol. The smallest absolute Gasteiger partial charge is 0.128 e. The Kier molecular flexibility index (Phi) is 5.03. The van der Waals surface area contributed by atoms with E-state index in [1.807, 2.05) is 48.7 Å². The van der Waals surface area contributed by atoms with Crippen molar-refractivity contribution < 1.29 is 5.11 Å². The lowest BCUT2D eigenvalue weighted by Gasteiger charge is -2.33. The minimum Gasteiger partial charge on any atom is -0.387 e. The van der Waals surface area contributed by atoms with Gasteiger partial charge in [0, 0.05) is 31.9 Å². The highest BCUT2D eigenvalue weighted by Crippen LogP contribution is 2.18. The van der Waals surface area contributed by atoms with E-state index in [-0.39, 0.29) is 0 Å². The Labute approximate surface area is 131 Å². The molecule has 0 spiro atoms. The summed E-state index contributed by atoms with van der Waals surface area (Å²) >= 11 is 0. The van der Waals surface area contributed by atoms with Gasteiger partial charge in [-0.15, -0.1) is 0 Å². The number of aromatic nitrogens is 1.